The van der Waals surface area contributed by atoms with Gasteiger partial charge < -0.3 is 0 Å². The second-order valence-electron chi connectivity index (χ2n) is 5.26. The van der Waals surface area contributed by atoms with Crippen molar-refractivity contribution in [3.63, 3.8) is 0 Å². The minimum atomic E-state index is -4.29. The van der Waals surface area contributed by atoms with Gasteiger partial charge in [-0.1, -0.05) is 43.6 Å². The summed E-state index contributed by atoms with van der Waals surface area (Å²) in [6.07, 6.45) is -2.49. The lowest BCUT2D eigenvalue weighted by Gasteiger charge is -2.13. The van der Waals surface area contributed by atoms with Gasteiger partial charge in [-0.05, 0) is 47.7 Å². The van der Waals surface area contributed by atoms with Crippen LogP contribution in [0.3, 0.4) is 0 Å². The third-order valence-corrected chi connectivity index (χ3v) is 5.29. The van der Waals surface area contributed by atoms with Crippen molar-refractivity contribution in [2.24, 2.45) is 0 Å². The zero-order chi connectivity index (χ0) is 17.0. The van der Waals surface area contributed by atoms with Crippen molar-refractivity contribution in [1.29, 1.82) is 0 Å². The van der Waals surface area contributed by atoms with Crippen LogP contribution in [0.5, 0.6) is 0 Å². The molecule has 0 heterocycles. The maximum atomic E-state index is 12.6. The Labute approximate surface area is 144 Å². The van der Waals surface area contributed by atoms with E-state index in [1.807, 2.05) is 6.07 Å². The summed E-state index contributed by atoms with van der Waals surface area (Å²) in [7, 11) is 0. The molecular weight excluding hydrogens is 341 g/mol. The maximum absolute atomic E-state index is 12.6. The molecule has 2 aromatic rings. The Hall–Kier alpha value is -1.13. The minimum Gasteiger partial charge on any atom is -0.166 e. The van der Waals surface area contributed by atoms with E-state index in [4.69, 9.17) is 11.6 Å². The highest BCUT2D eigenvalue weighted by Gasteiger charge is 2.29. The Balaban J connectivity index is 2.15. The average molecular weight is 359 g/mol. The Kier molecular flexibility index (Phi) is 6.04. The van der Waals surface area contributed by atoms with Crippen molar-refractivity contribution in [2.45, 2.75) is 43.5 Å². The smallest absolute Gasteiger partial charge is 0.166 e. The summed E-state index contributed by atoms with van der Waals surface area (Å²) in [5.74, 6) is 0.594. The zero-order valence-corrected chi connectivity index (χ0v) is 14.6. The van der Waals surface area contributed by atoms with E-state index in [1.54, 1.807) is 11.8 Å². The summed E-state index contributed by atoms with van der Waals surface area (Å²) in [5, 5.41) is 0.720. The molecule has 0 fully saturated rings. The van der Waals surface area contributed by atoms with Gasteiger partial charge in [0, 0.05) is 10.6 Å². The SMILES string of the molecule is CCc1cc(Cl)c(SCc2ccc(C(F)(F)F)cc2)c(CC)c1. The molecule has 0 aliphatic carbocycles. The van der Waals surface area contributed by atoms with E-state index in [1.165, 1.54) is 23.3 Å². The summed E-state index contributed by atoms with van der Waals surface area (Å²) in [6, 6.07) is 9.42. The van der Waals surface area contributed by atoms with Gasteiger partial charge in [0.25, 0.3) is 0 Å². The largest absolute Gasteiger partial charge is 0.416 e. The lowest BCUT2D eigenvalue weighted by Crippen LogP contribution is -2.04. The highest BCUT2D eigenvalue weighted by Crippen LogP contribution is 2.35. The third-order valence-electron chi connectivity index (χ3n) is 3.63. The van der Waals surface area contributed by atoms with Crippen LogP contribution >= 0.6 is 23.4 Å². The number of hydrogen-bond acceptors (Lipinski definition) is 1. The average Bonchev–Trinajstić information content (AvgIpc) is 2.52. The topological polar surface area (TPSA) is 0 Å². The van der Waals surface area contributed by atoms with Crippen molar-refractivity contribution < 1.29 is 13.2 Å². The van der Waals surface area contributed by atoms with E-state index < -0.39 is 11.7 Å². The molecule has 0 aliphatic rings. The van der Waals surface area contributed by atoms with Crippen LogP contribution in [-0.2, 0) is 24.8 Å². The van der Waals surface area contributed by atoms with E-state index in [2.05, 4.69) is 19.9 Å². The van der Waals surface area contributed by atoms with E-state index in [0.29, 0.717) is 5.75 Å². The first kappa shape index (κ1) is 18.2. The van der Waals surface area contributed by atoms with Crippen molar-refractivity contribution in [3.05, 3.63) is 63.7 Å². The quantitative estimate of drug-likeness (QED) is 0.531. The van der Waals surface area contributed by atoms with Gasteiger partial charge in [0.1, 0.15) is 0 Å². The molecule has 0 N–H and O–H groups in total. The Morgan fingerprint density at radius 3 is 2.13 bits per heavy atom. The fourth-order valence-corrected chi connectivity index (χ4v) is 3.80. The van der Waals surface area contributed by atoms with Gasteiger partial charge in [-0.2, -0.15) is 13.2 Å². The van der Waals surface area contributed by atoms with Crippen LogP contribution in [0, 0.1) is 0 Å². The molecule has 0 amide bonds. The van der Waals surface area contributed by atoms with Gasteiger partial charge in [-0.25, -0.2) is 0 Å². The summed E-state index contributed by atoms with van der Waals surface area (Å²) >= 11 is 7.94. The van der Waals surface area contributed by atoms with Crippen molar-refractivity contribution >= 4 is 23.4 Å². The fourth-order valence-electron chi connectivity index (χ4n) is 2.29. The second-order valence-corrected chi connectivity index (χ2v) is 6.65. The van der Waals surface area contributed by atoms with Crippen LogP contribution in [0.25, 0.3) is 0 Å². The zero-order valence-electron chi connectivity index (χ0n) is 13.0. The summed E-state index contributed by atoms with van der Waals surface area (Å²) < 4.78 is 37.7. The molecule has 2 aromatic carbocycles. The van der Waals surface area contributed by atoms with E-state index in [-0.39, 0.29) is 0 Å². The van der Waals surface area contributed by atoms with Crippen molar-refractivity contribution in [3.8, 4) is 0 Å². The summed E-state index contributed by atoms with van der Waals surface area (Å²) in [5.41, 5.74) is 2.61. The van der Waals surface area contributed by atoms with E-state index in [0.717, 1.165) is 40.5 Å². The first-order chi connectivity index (χ1) is 10.8. The molecule has 0 saturated carbocycles. The number of hydrogen-bond donors (Lipinski definition) is 0. The predicted molar refractivity (Wildman–Crippen MR) is 91.2 cm³/mol. The lowest BCUT2D eigenvalue weighted by atomic mass is 10.1. The molecule has 124 valence electrons. The van der Waals surface area contributed by atoms with Crippen LogP contribution < -0.4 is 0 Å². The third kappa shape index (κ3) is 4.67. The number of halogens is 4. The standard InChI is InChI=1S/C18H18ClF3S/c1-3-12-9-14(4-2)17(16(19)10-12)23-11-13-5-7-15(8-6-13)18(20,21)22/h5-10H,3-4,11H2,1-2H3. The first-order valence-corrected chi connectivity index (χ1v) is 8.81. The molecule has 0 bridgehead atoms. The molecule has 0 aromatic heterocycles. The molecule has 0 unspecified atom stereocenters. The van der Waals surface area contributed by atoms with Gasteiger partial charge in [-0.15, -0.1) is 11.8 Å². The molecule has 0 radical (unpaired) electrons. The Morgan fingerprint density at radius 2 is 1.61 bits per heavy atom. The van der Waals surface area contributed by atoms with Gasteiger partial charge in [0.15, 0.2) is 0 Å². The predicted octanol–water partition coefficient (Wildman–Crippen LogP) is 6.78. The van der Waals surface area contributed by atoms with Crippen LogP contribution in [0.2, 0.25) is 5.02 Å². The lowest BCUT2D eigenvalue weighted by molar-refractivity contribution is -0.137. The Morgan fingerprint density at radius 1 is 0.957 bits per heavy atom. The number of alkyl halides is 3. The van der Waals surface area contributed by atoms with Gasteiger partial charge in [-0.3, -0.25) is 0 Å². The summed E-state index contributed by atoms with van der Waals surface area (Å²) in [6.45, 7) is 4.16. The second kappa shape index (κ2) is 7.63. The normalized spacial score (nSPS) is 11.7. The van der Waals surface area contributed by atoms with Crippen LogP contribution in [-0.4, -0.2) is 0 Å². The van der Waals surface area contributed by atoms with Crippen LogP contribution in [0.1, 0.15) is 36.1 Å². The number of rotatable bonds is 5. The van der Waals surface area contributed by atoms with Crippen molar-refractivity contribution in [1.82, 2.24) is 0 Å². The summed E-state index contributed by atoms with van der Waals surface area (Å²) in [4.78, 5) is 1.02. The monoisotopic (exact) mass is 358 g/mol. The number of thioether (sulfide) groups is 1. The van der Waals surface area contributed by atoms with Crippen LogP contribution in [0.4, 0.5) is 13.2 Å². The number of aryl methyl sites for hydroxylation is 2. The van der Waals surface area contributed by atoms with E-state index >= 15 is 0 Å². The maximum Gasteiger partial charge on any atom is 0.416 e. The van der Waals surface area contributed by atoms with Crippen molar-refractivity contribution in [2.75, 3.05) is 0 Å². The molecule has 0 nitrogen and oxygen atoms in total. The highest BCUT2D eigenvalue weighted by molar-refractivity contribution is 7.98. The first-order valence-electron chi connectivity index (χ1n) is 7.45. The molecule has 5 heteroatoms. The molecule has 0 aliphatic heterocycles. The molecule has 23 heavy (non-hydrogen) atoms. The Bertz CT molecular complexity index is 663. The molecule has 0 atom stereocenters. The van der Waals surface area contributed by atoms with Gasteiger partial charge in [0.2, 0.25) is 0 Å². The van der Waals surface area contributed by atoms with Crippen LogP contribution in [0.15, 0.2) is 41.3 Å². The van der Waals surface area contributed by atoms with Gasteiger partial charge >= 0.3 is 6.18 Å². The molecule has 2 rings (SSSR count). The number of benzene rings is 2. The fraction of sp³-hybridized carbons (Fsp3) is 0.333. The van der Waals surface area contributed by atoms with E-state index in [9.17, 15) is 13.2 Å². The molecular formula is C18H18ClF3S. The highest BCUT2D eigenvalue weighted by atomic mass is 35.5. The minimum absolute atomic E-state index is 0.594. The molecule has 0 spiro atoms. The molecule has 0 saturated heterocycles. The van der Waals surface area contributed by atoms with Gasteiger partial charge in [0.05, 0.1) is 10.6 Å².